The second kappa shape index (κ2) is 7.26. The van der Waals surface area contributed by atoms with Crippen molar-refractivity contribution < 1.29 is 4.39 Å². The second-order valence-corrected chi connectivity index (χ2v) is 5.68. The first-order valence-corrected chi connectivity index (χ1v) is 7.71. The van der Waals surface area contributed by atoms with Gasteiger partial charge in [-0.1, -0.05) is 37.6 Å². The van der Waals surface area contributed by atoms with Crippen LogP contribution in [0.5, 0.6) is 0 Å². The molecule has 1 unspecified atom stereocenters. The fourth-order valence-electron chi connectivity index (χ4n) is 2.42. The van der Waals surface area contributed by atoms with Crippen LogP contribution in [0, 0.1) is 12.7 Å². The molecule has 1 nitrogen and oxygen atoms in total. The third-order valence-corrected chi connectivity index (χ3v) is 3.84. The van der Waals surface area contributed by atoms with Crippen LogP contribution >= 0.6 is 0 Å². The molecule has 2 aromatic rings. The summed E-state index contributed by atoms with van der Waals surface area (Å²) in [7, 11) is 0. The molecule has 0 fully saturated rings. The Morgan fingerprint density at radius 2 is 1.81 bits per heavy atom. The Kier molecular flexibility index (Phi) is 5.38. The number of benzene rings is 2. The monoisotopic (exact) mass is 285 g/mol. The topological polar surface area (TPSA) is 12.0 Å². The lowest BCUT2D eigenvalue weighted by Crippen LogP contribution is -2.07. The predicted octanol–water partition coefficient (Wildman–Crippen LogP) is 5.65. The van der Waals surface area contributed by atoms with E-state index in [2.05, 4.69) is 43.4 Å². The first-order chi connectivity index (χ1) is 10.1. The Balaban J connectivity index is 2.02. The average Bonchev–Trinajstić information content (AvgIpc) is 2.49. The van der Waals surface area contributed by atoms with Crippen molar-refractivity contribution in [3.63, 3.8) is 0 Å². The molecule has 0 heterocycles. The van der Waals surface area contributed by atoms with Gasteiger partial charge in [0.1, 0.15) is 5.82 Å². The van der Waals surface area contributed by atoms with E-state index in [1.807, 2.05) is 6.07 Å². The first kappa shape index (κ1) is 15.6. The van der Waals surface area contributed by atoms with Gasteiger partial charge >= 0.3 is 0 Å². The summed E-state index contributed by atoms with van der Waals surface area (Å²) in [6.45, 7) is 6.12. The minimum Gasteiger partial charge on any atom is -0.379 e. The Hall–Kier alpha value is -1.83. The Bertz CT molecular complexity index is 575. The van der Waals surface area contributed by atoms with Gasteiger partial charge < -0.3 is 5.32 Å². The number of halogens is 1. The normalized spacial score (nSPS) is 12.2. The van der Waals surface area contributed by atoms with E-state index in [-0.39, 0.29) is 11.9 Å². The first-order valence-electron chi connectivity index (χ1n) is 7.71. The molecule has 0 spiro atoms. The molecule has 2 heteroatoms. The summed E-state index contributed by atoms with van der Waals surface area (Å²) in [6, 6.07) is 14.1. The van der Waals surface area contributed by atoms with Crippen molar-refractivity contribution in [3.8, 4) is 0 Å². The molecule has 0 radical (unpaired) electrons. The number of unbranched alkanes of at least 4 members (excludes halogenated alkanes) is 1. The molecule has 0 amide bonds. The Morgan fingerprint density at radius 1 is 1.10 bits per heavy atom. The summed E-state index contributed by atoms with van der Waals surface area (Å²) in [5.41, 5.74) is 4.27. The zero-order valence-corrected chi connectivity index (χ0v) is 13.1. The van der Waals surface area contributed by atoms with Gasteiger partial charge in [-0.3, -0.25) is 0 Å². The molecule has 112 valence electrons. The maximum atomic E-state index is 13.3. The molecule has 0 bridgehead atoms. The Labute approximate surface area is 127 Å². The molecule has 0 aliphatic rings. The van der Waals surface area contributed by atoms with Gasteiger partial charge in [-0.05, 0) is 61.6 Å². The van der Waals surface area contributed by atoms with Crippen molar-refractivity contribution in [3.05, 3.63) is 65.0 Å². The molecule has 0 aliphatic heterocycles. The van der Waals surface area contributed by atoms with Crippen LogP contribution < -0.4 is 5.32 Å². The molecule has 2 rings (SSSR count). The van der Waals surface area contributed by atoms with Crippen LogP contribution in [0.15, 0.2) is 42.5 Å². The Morgan fingerprint density at radius 3 is 2.43 bits per heavy atom. The predicted molar refractivity (Wildman–Crippen MR) is 88.2 cm³/mol. The highest BCUT2D eigenvalue weighted by molar-refractivity contribution is 5.48. The minimum atomic E-state index is -0.159. The zero-order valence-electron chi connectivity index (χ0n) is 13.1. The van der Waals surface area contributed by atoms with Crippen molar-refractivity contribution in [2.45, 2.75) is 46.1 Å². The summed E-state index contributed by atoms with van der Waals surface area (Å²) >= 11 is 0. The van der Waals surface area contributed by atoms with Crippen molar-refractivity contribution in [1.82, 2.24) is 0 Å². The van der Waals surface area contributed by atoms with E-state index in [1.165, 1.54) is 30.0 Å². The molecule has 2 aromatic carbocycles. The molecular formula is C19H24FN. The van der Waals surface area contributed by atoms with Crippen LogP contribution in [-0.2, 0) is 6.42 Å². The van der Waals surface area contributed by atoms with E-state index in [0.717, 1.165) is 12.1 Å². The van der Waals surface area contributed by atoms with Gasteiger partial charge in [-0.15, -0.1) is 0 Å². The minimum absolute atomic E-state index is 0.159. The molecular weight excluding hydrogens is 261 g/mol. The van der Waals surface area contributed by atoms with Crippen molar-refractivity contribution in [2.75, 3.05) is 5.32 Å². The molecule has 0 aromatic heterocycles. The zero-order chi connectivity index (χ0) is 15.2. The van der Waals surface area contributed by atoms with E-state index < -0.39 is 0 Å². The van der Waals surface area contributed by atoms with Crippen LogP contribution in [0.3, 0.4) is 0 Å². The maximum Gasteiger partial charge on any atom is 0.126 e. The van der Waals surface area contributed by atoms with Gasteiger partial charge in [-0.2, -0.15) is 0 Å². The van der Waals surface area contributed by atoms with Crippen molar-refractivity contribution in [2.24, 2.45) is 0 Å². The molecule has 0 saturated heterocycles. The number of anilines is 1. The largest absolute Gasteiger partial charge is 0.379 e. The van der Waals surface area contributed by atoms with Gasteiger partial charge in [0.25, 0.3) is 0 Å². The SMILES string of the molecule is CCCCc1ccc(C(C)Nc2ccc(F)c(C)c2)cc1. The number of aryl methyl sites for hydroxylation is 2. The van der Waals surface area contributed by atoms with Gasteiger partial charge in [0.15, 0.2) is 0 Å². The quantitative estimate of drug-likeness (QED) is 0.723. The maximum absolute atomic E-state index is 13.3. The van der Waals surface area contributed by atoms with Gasteiger partial charge in [0.2, 0.25) is 0 Å². The lowest BCUT2D eigenvalue weighted by atomic mass is 10.0. The van der Waals surface area contributed by atoms with E-state index in [9.17, 15) is 4.39 Å². The smallest absolute Gasteiger partial charge is 0.126 e. The summed E-state index contributed by atoms with van der Waals surface area (Å²) in [5.74, 6) is -0.159. The van der Waals surface area contributed by atoms with E-state index in [0.29, 0.717) is 5.56 Å². The summed E-state index contributed by atoms with van der Waals surface area (Å²) in [6.07, 6.45) is 3.61. The van der Waals surface area contributed by atoms with Crippen LogP contribution in [0.4, 0.5) is 10.1 Å². The van der Waals surface area contributed by atoms with Crippen LogP contribution in [0.1, 0.15) is 49.4 Å². The van der Waals surface area contributed by atoms with E-state index >= 15 is 0 Å². The standard InChI is InChI=1S/C19H24FN/c1-4-5-6-16-7-9-17(10-8-16)15(3)21-18-11-12-19(20)14(2)13-18/h7-13,15,21H,4-6H2,1-3H3. The highest BCUT2D eigenvalue weighted by atomic mass is 19.1. The molecule has 1 atom stereocenters. The van der Waals surface area contributed by atoms with Gasteiger partial charge in [-0.25, -0.2) is 4.39 Å². The molecule has 1 N–H and O–H groups in total. The number of rotatable bonds is 6. The van der Waals surface area contributed by atoms with Crippen LogP contribution in [-0.4, -0.2) is 0 Å². The van der Waals surface area contributed by atoms with E-state index in [4.69, 9.17) is 0 Å². The lowest BCUT2D eigenvalue weighted by Gasteiger charge is -2.17. The average molecular weight is 285 g/mol. The fourth-order valence-corrected chi connectivity index (χ4v) is 2.42. The van der Waals surface area contributed by atoms with Gasteiger partial charge in [0, 0.05) is 11.7 Å². The molecule has 0 aliphatic carbocycles. The summed E-state index contributed by atoms with van der Waals surface area (Å²) in [4.78, 5) is 0. The lowest BCUT2D eigenvalue weighted by molar-refractivity contribution is 0.618. The second-order valence-electron chi connectivity index (χ2n) is 5.68. The number of nitrogens with one attached hydrogen (secondary N) is 1. The van der Waals surface area contributed by atoms with Crippen LogP contribution in [0.2, 0.25) is 0 Å². The number of hydrogen-bond acceptors (Lipinski definition) is 1. The third-order valence-electron chi connectivity index (χ3n) is 3.84. The molecule has 0 saturated carbocycles. The van der Waals surface area contributed by atoms with Crippen molar-refractivity contribution in [1.29, 1.82) is 0 Å². The van der Waals surface area contributed by atoms with E-state index in [1.54, 1.807) is 13.0 Å². The fraction of sp³-hybridized carbons (Fsp3) is 0.368. The number of hydrogen-bond donors (Lipinski definition) is 1. The summed E-state index contributed by atoms with van der Waals surface area (Å²) < 4.78 is 13.3. The highest BCUT2D eigenvalue weighted by Crippen LogP contribution is 2.21. The van der Waals surface area contributed by atoms with Gasteiger partial charge in [0.05, 0.1) is 0 Å². The molecule has 21 heavy (non-hydrogen) atoms. The van der Waals surface area contributed by atoms with Crippen LogP contribution in [0.25, 0.3) is 0 Å². The highest BCUT2D eigenvalue weighted by Gasteiger charge is 2.06. The van der Waals surface area contributed by atoms with Crippen molar-refractivity contribution >= 4 is 5.69 Å². The summed E-state index contributed by atoms with van der Waals surface area (Å²) in [5, 5.41) is 3.42. The third kappa shape index (κ3) is 4.32.